The maximum Gasteiger partial charge on any atom is 0.328 e. The normalized spacial score (nSPS) is 9.88. The van der Waals surface area contributed by atoms with Crippen LogP contribution < -0.4 is 16.0 Å². The van der Waals surface area contributed by atoms with Crippen molar-refractivity contribution in [3.05, 3.63) is 27.7 Å². The standard InChI is InChI=1S/C11H15BrN4O/c1-6-4-7(2)9(8(12)5-6)16(3)11(17)15-10(13)14/h4-5H,1-3H3,(H4,13,14,15,17). The number of nitrogens with zero attached hydrogens (tertiary/aromatic N) is 1. The van der Waals surface area contributed by atoms with Crippen molar-refractivity contribution in [1.82, 2.24) is 5.32 Å². The summed E-state index contributed by atoms with van der Waals surface area (Å²) in [6.45, 7) is 3.90. The highest BCUT2D eigenvalue weighted by Gasteiger charge is 2.16. The number of carbonyl (C=O) groups is 1. The summed E-state index contributed by atoms with van der Waals surface area (Å²) >= 11 is 3.43. The molecule has 0 heterocycles. The van der Waals surface area contributed by atoms with Crippen molar-refractivity contribution < 1.29 is 4.79 Å². The van der Waals surface area contributed by atoms with E-state index < -0.39 is 6.03 Å². The summed E-state index contributed by atoms with van der Waals surface area (Å²) in [5.41, 5.74) is 7.96. The van der Waals surface area contributed by atoms with Crippen LogP contribution in [0.25, 0.3) is 0 Å². The second-order valence-corrected chi connectivity index (χ2v) is 4.67. The van der Waals surface area contributed by atoms with Gasteiger partial charge < -0.3 is 5.73 Å². The average molecular weight is 299 g/mol. The summed E-state index contributed by atoms with van der Waals surface area (Å²) in [5, 5.41) is 9.27. The van der Waals surface area contributed by atoms with Gasteiger partial charge in [0.1, 0.15) is 0 Å². The number of nitrogens with two attached hydrogens (primary N) is 1. The molecule has 0 saturated heterocycles. The van der Waals surface area contributed by atoms with Gasteiger partial charge in [-0.1, -0.05) is 6.07 Å². The summed E-state index contributed by atoms with van der Waals surface area (Å²) in [6.07, 6.45) is 0. The second kappa shape index (κ2) is 5.18. The highest BCUT2D eigenvalue weighted by molar-refractivity contribution is 9.10. The van der Waals surface area contributed by atoms with Crippen LogP contribution >= 0.6 is 15.9 Å². The molecule has 0 radical (unpaired) electrons. The van der Waals surface area contributed by atoms with Crippen LogP contribution in [0.1, 0.15) is 11.1 Å². The van der Waals surface area contributed by atoms with E-state index in [0.717, 1.165) is 21.3 Å². The first-order valence-corrected chi connectivity index (χ1v) is 5.77. The van der Waals surface area contributed by atoms with Gasteiger partial charge in [0.2, 0.25) is 0 Å². The van der Waals surface area contributed by atoms with Crippen molar-refractivity contribution in [2.24, 2.45) is 5.73 Å². The summed E-state index contributed by atoms with van der Waals surface area (Å²) < 4.78 is 0.830. The predicted molar refractivity (Wildman–Crippen MR) is 72.5 cm³/mol. The number of guanidine groups is 1. The fourth-order valence-electron chi connectivity index (χ4n) is 1.63. The molecular formula is C11H15BrN4O. The number of urea groups is 1. The number of hydrogen-bond acceptors (Lipinski definition) is 2. The van der Waals surface area contributed by atoms with Gasteiger partial charge in [0, 0.05) is 11.5 Å². The van der Waals surface area contributed by atoms with E-state index in [2.05, 4.69) is 21.2 Å². The molecule has 5 nitrogen and oxygen atoms in total. The molecule has 0 aliphatic heterocycles. The Morgan fingerprint density at radius 2 is 2.06 bits per heavy atom. The Hall–Kier alpha value is -1.56. The lowest BCUT2D eigenvalue weighted by Gasteiger charge is -2.21. The van der Waals surface area contributed by atoms with Crippen LogP contribution in [0.2, 0.25) is 0 Å². The zero-order chi connectivity index (χ0) is 13.2. The van der Waals surface area contributed by atoms with Crippen LogP contribution in [0.4, 0.5) is 10.5 Å². The molecule has 1 rings (SSSR count). The molecular weight excluding hydrogens is 284 g/mol. The lowest BCUT2D eigenvalue weighted by atomic mass is 10.1. The van der Waals surface area contributed by atoms with Gasteiger partial charge in [0.05, 0.1) is 5.69 Å². The van der Waals surface area contributed by atoms with Gasteiger partial charge in [-0.05, 0) is 47.0 Å². The Balaban J connectivity index is 3.08. The van der Waals surface area contributed by atoms with Crippen LogP contribution in [-0.4, -0.2) is 19.0 Å². The number of amides is 2. The van der Waals surface area contributed by atoms with Crippen LogP contribution in [-0.2, 0) is 0 Å². The Morgan fingerprint density at radius 1 is 1.47 bits per heavy atom. The van der Waals surface area contributed by atoms with Crippen LogP contribution in [0.5, 0.6) is 0 Å². The topological polar surface area (TPSA) is 82.2 Å². The Labute approximate surface area is 109 Å². The SMILES string of the molecule is Cc1cc(C)c(N(C)C(=O)NC(=N)N)c(Br)c1. The van der Waals surface area contributed by atoms with Gasteiger partial charge >= 0.3 is 6.03 Å². The molecule has 0 spiro atoms. The Morgan fingerprint density at radius 3 is 2.53 bits per heavy atom. The number of nitrogens with one attached hydrogen (secondary N) is 2. The molecule has 0 bridgehead atoms. The summed E-state index contributed by atoms with van der Waals surface area (Å²) in [7, 11) is 1.63. The summed E-state index contributed by atoms with van der Waals surface area (Å²) in [6, 6.07) is 3.47. The number of hydrogen-bond donors (Lipinski definition) is 3. The second-order valence-electron chi connectivity index (χ2n) is 3.82. The monoisotopic (exact) mass is 298 g/mol. The molecule has 0 atom stereocenters. The lowest BCUT2D eigenvalue weighted by Crippen LogP contribution is -2.44. The van der Waals surface area contributed by atoms with Crippen molar-refractivity contribution >= 4 is 33.6 Å². The van der Waals surface area contributed by atoms with Crippen LogP contribution in [0.3, 0.4) is 0 Å². The lowest BCUT2D eigenvalue weighted by molar-refractivity contribution is 0.251. The van der Waals surface area contributed by atoms with Crippen LogP contribution in [0.15, 0.2) is 16.6 Å². The minimum absolute atomic E-state index is 0.372. The van der Waals surface area contributed by atoms with Gasteiger partial charge in [-0.2, -0.15) is 0 Å². The van der Waals surface area contributed by atoms with E-state index in [4.69, 9.17) is 11.1 Å². The molecule has 1 aromatic rings. The largest absolute Gasteiger partial charge is 0.370 e. The molecule has 6 heteroatoms. The van der Waals surface area contributed by atoms with Gasteiger partial charge in [-0.3, -0.25) is 15.6 Å². The highest BCUT2D eigenvalue weighted by Crippen LogP contribution is 2.30. The first-order chi connectivity index (χ1) is 7.82. The van der Waals surface area contributed by atoms with Gasteiger partial charge in [-0.15, -0.1) is 0 Å². The molecule has 0 aliphatic carbocycles. The smallest absolute Gasteiger partial charge is 0.328 e. The van der Waals surface area contributed by atoms with Gasteiger partial charge in [0.15, 0.2) is 5.96 Å². The van der Waals surface area contributed by atoms with E-state index >= 15 is 0 Å². The maximum atomic E-state index is 11.7. The van der Waals surface area contributed by atoms with E-state index in [-0.39, 0.29) is 5.96 Å². The van der Waals surface area contributed by atoms with E-state index in [0.29, 0.717) is 0 Å². The Bertz CT molecular complexity index is 450. The van der Waals surface area contributed by atoms with E-state index in [9.17, 15) is 4.79 Å². The van der Waals surface area contributed by atoms with Gasteiger partial charge in [-0.25, -0.2) is 4.79 Å². The minimum Gasteiger partial charge on any atom is -0.370 e. The number of halogens is 1. The fraction of sp³-hybridized carbons (Fsp3) is 0.273. The predicted octanol–water partition coefficient (Wildman–Crippen LogP) is 2.11. The molecule has 2 amide bonds. The molecule has 0 aliphatic rings. The number of benzene rings is 1. The average Bonchev–Trinajstić information content (AvgIpc) is 2.14. The third-order valence-corrected chi connectivity index (χ3v) is 2.88. The van der Waals surface area contributed by atoms with Crippen LogP contribution in [0, 0.1) is 19.3 Å². The van der Waals surface area contributed by atoms with Gasteiger partial charge in [0.25, 0.3) is 0 Å². The molecule has 0 aromatic heterocycles. The van der Waals surface area contributed by atoms with E-state index in [1.54, 1.807) is 7.05 Å². The molecule has 1 aromatic carbocycles. The Kier molecular flexibility index (Phi) is 4.11. The van der Waals surface area contributed by atoms with Crippen molar-refractivity contribution in [1.29, 1.82) is 5.41 Å². The number of aryl methyl sites for hydroxylation is 2. The molecule has 0 unspecified atom stereocenters. The first kappa shape index (κ1) is 13.5. The summed E-state index contributed by atoms with van der Waals surface area (Å²) in [4.78, 5) is 13.1. The first-order valence-electron chi connectivity index (χ1n) is 4.98. The molecule has 0 saturated carbocycles. The third-order valence-electron chi connectivity index (χ3n) is 2.28. The van der Waals surface area contributed by atoms with Crippen molar-refractivity contribution in [2.45, 2.75) is 13.8 Å². The number of anilines is 1. The van der Waals surface area contributed by atoms with Crippen molar-refractivity contribution in [2.75, 3.05) is 11.9 Å². The summed E-state index contributed by atoms with van der Waals surface area (Å²) in [5.74, 6) is -0.372. The number of rotatable bonds is 1. The van der Waals surface area contributed by atoms with Crippen molar-refractivity contribution in [3.8, 4) is 0 Å². The minimum atomic E-state index is -0.440. The zero-order valence-electron chi connectivity index (χ0n) is 9.97. The quantitative estimate of drug-likeness (QED) is 0.548. The highest BCUT2D eigenvalue weighted by atomic mass is 79.9. The molecule has 17 heavy (non-hydrogen) atoms. The van der Waals surface area contributed by atoms with E-state index in [1.165, 1.54) is 4.90 Å². The third kappa shape index (κ3) is 3.20. The van der Waals surface area contributed by atoms with Crippen molar-refractivity contribution in [3.63, 3.8) is 0 Å². The maximum absolute atomic E-state index is 11.7. The molecule has 92 valence electrons. The molecule has 0 fully saturated rings. The fourth-order valence-corrected chi connectivity index (χ4v) is 2.57. The zero-order valence-corrected chi connectivity index (χ0v) is 11.6. The molecule has 4 N–H and O–H groups in total. The van der Waals surface area contributed by atoms with E-state index in [1.807, 2.05) is 26.0 Å². The number of carbonyl (C=O) groups excluding carboxylic acids is 1.